The first-order chi connectivity index (χ1) is 11.5. The number of hydrogen-bond donors (Lipinski definition) is 2. The molecule has 2 N–H and O–H groups in total. The van der Waals surface area contributed by atoms with E-state index in [0.717, 1.165) is 22.7 Å². The number of nitrogens with zero attached hydrogens (tertiary/aromatic N) is 2. The number of aromatic nitrogens is 2. The minimum Gasteiger partial charge on any atom is -0.497 e. The zero-order valence-corrected chi connectivity index (χ0v) is 14.1. The van der Waals surface area contributed by atoms with Gasteiger partial charge in [-0.2, -0.15) is 5.10 Å². The Bertz CT molecular complexity index is 707. The van der Waals surface area contributed by atoms with Crippen LogP contribution in [0.25, 0.3) is 0 Å². The van der Waals surface area contributed by atoms with Crippen LogP contribution in [0.4, 0.5) is 0 Å². The molecule has 0 aliphatic heterocycles. The Hall–Kier alpha value is -2.83. The average molecular weight is 330 g/mol. The average Bonchev–Trinajstić information content (AvgIpc) is 2.89. The van der Waals surface area contributed by atoms with E-state index in [1.807, 2.05) is 32.0 Å². The summed E-state index contributed by atoms with van der Waals surface area (Å²) >= 11 is 0. The molecule has 0 radical (unpaired) electrons. The predicted molar refractivity (Wildman–Crippen MR) is 89.3 cm³/mol. The Kier molecular flexibility index (Phi) is 5.95. The van der Waals surface area contributed by atoms with Gasteiger partial charge in [-0.3, -0.25) is 25.1 Å². The maximum atomic E-state index is 11.8. The maximum absolute atomic E-state index is 11.8. The Morgan fingerprint density at radius 2 is 1.79 bits per heavy atom. The lowest BCUT2D eigenvalue weighted by atomic mass is 10.1. The highest BCUT2D eigenvalue weighted by Crippen LogP contribution is 2.11. The highest BCUT2D eigenvalue weighted by atomic mass is 16.5. The molecule has 0 aliphatic carbocycles. The van der Waals surface area contributed by atoms with Crippen LogP contribution in [0.3, 0.4) is 0 Å². The monoisotopic (exact) mass is 330 g/mol. The van der Waals surface area contributed by atoms with Gasteiger partial charge in [0.2, 0.25) is 11.8 Å². The Labute approximate surface area is 141 Å². The largest absolute Gasteiger partial charge is 0.497 e. The highest BCUT2D eigenvalue weighted by molar-refractivity contribution is 5.83. The lowest BCUT2D eigenvalue weighted by molar-refractivity contribution is -0.128. The topological polar surface area (TPSA) is 85.3 Å². The molecule has 0 unspecified atom stereocenters. The summed E-state index contributed by atoms with van der Waals surface area (Å²) in [6.07, 6.45) is 0.423. The quantitative estimate of drug-likeness (QED) is 0.782. The van der Waals surface area contributed by atoms with E-state index in [9.17, 15) is 9.59 Å². The zero-order chi connectivity index (χ0) is 17.5. The number of hydrogen-bond acceptors (Lipinski definition) is 4. The summed E-state index contributed by atoms with van der Waals surface area (Å²) in [5, 5.41) is 4.29. The molecule has 24 heavy (non-hydrogen) atoms. The number of ether oxygens (including phenoxy) is 1. The molecule has 128 valence electrons. The summed E-state index contributed by atoms with van der Waals surface area (Å²) in [5.41, 5.74) is 7.59. The predicted octanol–water partition coefficient (Wildman–Crippen LogP) is 1.29. The number of benzene rings is 1. The molecular weight excluding hydrogens is 308 g/mol. The third-order valence-electron chi connectivity index (χ3n) is 3.52. The standard InChI is InChI=1S/C17H22N4O3/c1-12-10-13(2)21(20-12)9-8-16(22)18-19-17(23)11-14-4-6-15(24-3)7-5-14/h4-7,10H,8-9,11H2,1-3H3,(H,18,22)(H,19,23). The first-order valence-corrected chi connectivity index (χ1v) is 7.69. The molecular formula is C17H22N4O3. The third-order valence-corrected chi connectivity index (χ3v) is 3.52. The second-order valence-corrected chi connectivity index (χ2v) is 5.52. The van der Waals surface area contributed by atoms with Crippen LogP contribution < -0.4 is 15.6 Å². The first kappa shape index (κ1) is 17.5. The zero-order valence-electron chi connectivity index (χ0n) is 14.1. The summed E-state index contributed by atoms with van der Waals surface area (Å²) in [7, 11) is 1.59. The van der Waals surface area contributed by atoms with E-state index < -0.39 is 0 Å². The fourth-order valence-corrected chi connectivity index (χ4v) is 2.28. The van der Waals surface area contributed by atoms with Crippen molar-refractivity contribution in [3.05, 3.63) is 47.3 Å². The van der Waals surface area contributed by atoms with Gasteiger partial charge in [-0.25, -0.2) is 0 Å². The number of carbonyl (C=O) groups is 2. The SMILES string of the molecule is COc1ccc(CC(=O)NNC(=O)CCn2nc(C)cc2C)cc1. The molecule has 0 bridgehead atoms. The maximum Gasteiger partial charge on any atom is 0.242 e. The number of methoxy groups -OCH3 is 1. The van der Waals surface area contributed by atoms with Crippen molar-refractivity contribution in [2.75, 3.05) is 7.11 Å². The van der Waals surface area contributed by atoms with Crippen LogP contribution in [-0.4, -0.2) is 28.7 Å². The number of hydrazine groups is 1. The van der Waals surface area contributed by atoms with Crippen molar-refractivity contribution in [2.45, 2.75) is 33.2 Å². The summed E-state index contributed by atoms with van der Waals surface area (Å²) in [5.74, 6) is 0.196. The van der Waals surface area contributed by atoms with E-state index in [1.54, 1.807) is 23.9 Å². The van der Waals surface area contributed by atoms with Gasteiger partial charge in [0.25, 0.3) is 0 Å². The number of amides is 2. The van der Waals surface area contributed by atoms with Crippen molar-refractivity contribution in [2.24, 2.45) is 0 Å². The summed E-state index contributed by atoms with van der Waals surface area (Å²) in [6.45, 7) is 4.32. The number of carbonyl (C=O) groups excluding carboxylic acids is 2. The van der Waals surface area contributed by atoms with Gasteiger partial charge >= 0.3 is 0 Å². The van der Waals surface area contributed by atoms with Crippen molar-refractivity contribution < 1.29 is 14.3 Å². The van der Waals surface area contributed by atoms with E-state index in [-0.39, 0.29) is 24.7 Å². The van der Waals surface area contributed by atoms with Crippen molar-refractivity contribution in [3.63, 3.8) is 0 Å². The Morgan fingerprint density at radius 3 is 2.38 bits per heavy atom. The molecule has 7 nitrogen and oxygen atoms in total. The van der Waals surface area contributed by atoms with Crippen molar-refractivity contribution in [1.29, 1.82) is 0 Å². The van der Waals surface area contributed by atoms with Crippen LogP contribution in [0.15, 0.2) is 30.3 Å². The number of nitrogens with one attached hydrogen (secondary N) is 2. The molecule has 7 heteroatoms. The van der Waals surface area contributed by atoms with Gasteiger partial charge in [0.15, 0.2) is 0 Å². The van der Waals surface area contributed by atoms with E-state index >= 15 is 0 Å². The lowest BCUT2D eigenvalue weighted by Gasteiger charge is -2.08. The fraction of sp³-hybridized carbons (Fsp3) is 0.353. The first-order valence-electron chi connectivity index (χ1n) is 7.69. The van der Waals surface area contributed by atoms with Crippen molar-refractivity contribution in [1.82, 2.24) is 20.6 Å². The molecule has 0 spiro atoms. The third kappa shape index (κ3) is 5.12. The van der Waals surface area contributed by atoms with E-state index in [2.05, 4.69) is 16.0 Å². The molecule has 0 saturated heterocycles. The van der Waals surface area contributed by atoms with Gasteiger partial charge in [-0.05, 0) is 37.6 Å². The van der Waals surface area contributed by atoms with Crippen molar-refractivity contribution >= 4 is 11.8 Å². The van der Waals surface area contributed by atoms with E-state index in [4.69, 9.17) is 4.74 Å². The van der Waals surface area contributed by atoms with Gasteiger partial charge in [0.1, 0.15) is 5.75 Å². The van der Waals surface area contributed by atoms with Crippen LogP contribution in [0.1, 0.15) is 23.4 Å². The van der Waals surface area contributed by atoms with Crippen molar-refractivity contribution in [3.8, 4) is 5.75 Å². The van der Waals surface area contributed by atoms with Crippen LogP contribution in [0, 0.1) is 13.8 Å². The fourth-order valence-electron chi connectivity index (χ4n) is 2.28. The second kappa shape index (κ2) is 8.14. The molecule has 2 rings (SSSR count). The normalized spacial score (nSPS) is 10.3. The lowest BCUT2D eigenvalue weighted by Crippen LogP contribution is -2.42. The second-order valence-electron chi connectivity index (χ2n) is 5.52. The molecule has 0 saturated carbocycles. The molecule has 2 amide bonds. The molecule has 1 heterocycles. The Morgan fingerprint density at radius 1 is 1.12 bits per heavy atom. The van der Waals surface area contributed by atoms with Crippen LogP contribution in [0.2, 0.25) is 0 Å². The van der Waals surface area contributed by atoms with Gasteiger partial charge in [0.05, 0.1) is 25.8 Å². The van der Waals surface area contributed by atoms with Crippen LogP contribution in [0.5, 0.6) is 5.75 Å². The smallest absolute Gasteiger partial charge is 0.242 e. The molecule has 1 aromatic carbocycles. The van der Waals surface area contributed by atoms with Crippen LogP contribution in [-0.2, 0) is 22.6 Å². The number of aryl methyl sites for hydroxylation is 3. The van der Waals surface area contributed by atoms with Gasteiger partial charge in [-0.1, -0.05) is 12.1 Å². The molecule has 0 fully saturated rings. The summed E-state index contributed by atoms with van der Waals surface area (Å²) in [4.78, 5) is 23.6. The molecule has 2 aromatic rings. The van der Waals surface area contributed by atoms with Crippen LogP contribution >= 0.6 is 0 Å². The molecule has 0 atom stereocenters. The van der Waals surface area contributed by atoms with E-state index in [0.29, 0.717) is 6.54 Å². The molecule has 0 aliphatic rings. The minimum atomic E-state index is -0.278. The van der Waals surface area contributed by atoms with E-state index in [1.165, 1.54) is 0 Å². The number of rotatable bonds is 6. The van der Waals surface area contributed by atoms with Gasteiger partial charge in [-0.15, -0.1) is 0 Å². The Balaban J connectivity index is 1.72. The molecule has 1 aromatic heterocycles. The highest BCUT2D eigenvalue weighted by Gasteiger charge is 2.08. The summed E-state index contributed by atoms with van der Waals surface area (Å²) < 4.78 is 6.83. The van der Waals surface area contributed by atoms with Gasteiger partial charge < -0.3 is 4.74 Å². The van der Waals surface area contributed by atoms with Gasteiger partial charge in [0, 0.05) is 12.1 Å². The summed E-state index contributed by atoms with van der Waals surface area (Å²) in [6, 6.07) is 9.14. The minimum absolute atomic E-state index is 0.182.